The first kappa shape index (κ1) is 13.4. The number of nitrogens with two attached hydrogens (primary N) is 1. The molecule has 3 rings (SSSR count). The zero-order valence-corrected chi connectivity index (χ0v) is 11.8. The molecule has 2 unspecified atom stereocenters. The van der Waals surface area contributed by atoms with Gasteiger partial charge in [-0.2, -0.15) is 0 Å². The maximum Gasteiger partial charge on any atom is 0.242 e. The van der Waals surface area contributed by atoms with E-state index in [9.17, 15) is 4.79 Å². The molecular weight excluding hydrogens is 240 g/mol. The normalized spacial score (nSPS) is 34.7. The fourth-order valence-corrected chi connectivity index (χ4v) is 4.05. The van der Waals surface area contributed by atoms with Gasteiger partial charge in [-0.3, -0.25) is 4.79 Å². The molecule has 0 radical (unpaired) electrons. The Kier molecular flexibility index (Phi) is 3.81. The minimum atomic E-state index is -0.653. The number of carbonyl (C=O) groups excluding carboxylic acids is 1. The van der Waals surface area contributed by atoms with Crippen molar-refractivity contribution in [2.24, 2.45) is 17.6 Å². The molecule has 3 aliphatic rings. The highest BCUT2D eigenvalue weighted by molar-refractivity contribution is 5.86. The largest absolute Gasteiger partial charge is 0.381 e. The van der Waals surface area contributed by atoms with Crippen LogP contribution in [-0.4, -0.2) is 42.6 Å². The van der Waals surface area contributed by atoms with E-state index in [2.05, 4.69) is 4.90 Å². The van der Waals surface area contributed by atoms with Gasteiger partial charge in [-0.1, -0.05) is 19.3 Å². The van der Waals surface area contributed by atoms with Crippen molar-refractivity contribution in [1.82, 2.24) is 4.90 Å². The first-order chi connectivity index (χ1) is 9.19. The summed E-state index contributed by atoms with van der Waals surface area (Å²) in [7, 11) is 0. The molecule has 1 saturated carbocycles. The van der Waals surface area contributed by atoms with Crippen molar-refractivity contribution >= 4 is 5.91 Å². The van der Waals surface area contributed by atoms with E-state index in [4.69, 9.17) is 10.5 Å². The molecule has 108 valence electrons. The average Bonchev–Trinajstić information content (AvgIpc) is 2.47. The SMILES string of the molecule is NC1(C(=O)N2CCC3CCCCC3C2)CCOCC1. The Bertz CT molecular complexity index is 339. The minimum Gasteiger partial charge on any atom is -0.381 e. The van der Waals surface area contributed by atoms with Crippen LogP contribution in [0.5, 0.6) is 0 Å². The zero-order chi connectivity index (χ0) is 13.3. The highest BCUT2D eigenvalue weighted by Gasteiger charge is 2.42. The standard InChI is InChI=1S/C15H26N2O2/c16-15(6-9-19-10-7-15)14(18)17-8-5-12-3-1-2-4-13(12)11-17/h12-13H,1-11,16H2. The van der Waals surface area contributed by atoms with Crippen molar-refractivity contribution in [3.63, 3.8) is 0 Å². The number of nitrogens with zero attached hydrogens (tertiary/aromatic N) is 1. The van der Waals surface area contributed by atoms with Crippen LogP contribution in [0.25, 0.3) is 0 Å². The zero-order valence-electron chi connectivity index (χ0n) is 11.8. The van der Waals surface area contributed by atoms with Gasteiger partial charge >= 0.3 is 0 Å². The molecule has 0 aromatic heterocycles. The predicted octanol–water partition coefficient (Wildman–Crippen LogP) is 1.53. The van der Waals surface area contributed by atoms with Crippen LogP contribution in [0.3, 0.4) is 0 Å². The fourth-order valence-electron chi connectivity index (χ4n) is 4.05. The van der Waals surface area contributed by atoms with E-state index >= 15 is 0 Å². The molecule has 2 aliphatic heterocycles. The average molecular weight is 266 g/mol. The summed E-state index contributed by atoms with van der Waals surface area (Å²) in [5.74, 6) is 1.77. The highest BCUT2D eigenvalue weighted by Crippen LogP contribution is 2.37. The van der Waals surface area contributed by atoms with Crippen LogP contribution in [0.4, 0.5) is 0 Å². The van der Waals surface area contributed by atoms with Crippen molar-refractivity contribution in [2.75, 3.05) is 26.3 Å². The Morgan fingerprint density at radius 2 is 1.79 bits per heavy atom. The van der Waals surface area contributed by atoms with E-state index in [1.807, 2.05) is 0 Å². The van der Waals surface area contributed by atoms with E-state index in [1.165, 1.54) is 32.1 Å². The lowest BCUT2D eigenvalue weighted by Crippen LogP contribution is -2.60. The number of piperidine rings is 1. The summed E-state index contributed by atoms with van der Waals surface area (Å²) in [5.41, 5.74) is 5.68. The van der Waals surface area contributed by atoms with Gasteiger partial charge in [-0.05, 0) is 37.5 Å². The molecule has 1 aliphatic carbocycles. The fraction of sp³-hybridized carbons (Fsp3) is 0.933. The Morgan fingerprint density at radius 1 is 1.11 bits per heavy atom. The Balaban J connectivity index is 1.64. The van der Waals surface area contributed by atoms with Gasteiger partial charge in [0.2, 0.25) is 5.91 Å². The van der Waals surface area contributed by atoms with Crippen LogP contribution in [0.1, 0.15) is 44.9 Å². The lowest BCUT2D eigenvalue weighted by molar-refractivity contribution is -0.143. The molecule has 0 spiro atoms. The molecular formula is C15H26N2O2. The van der Waals surface area contributed by atoms with Gasteiger partial charge in [-0.15, -0.1) is 0 Å². The van der Waals surface area contributed by atoms with Crippen LogP contribution in [0, 0.1) is 11.8 Å². The highest BCUT2D eigenvalue weighted by atomic mass is 16.5. The third kappa shape index (κ3) is 2.65. The smallest absolute Gasteiger partial charge is 0.242 e. The summed E-state index contributed by atoms with van der Waals surface area (Å²) >= 11 is 0. The molecule has 2 saturated heterocycles. The molecule has 0 bridgehead atoms. The maximum absolute atomic E-state index is 12.7. The van der Waals surface area contributed by atoms with E-state index in [0.717, 1.165) is 24.9 Å². The van der Waals surface area contributed by atoms with Gasteiger partial charge in [0.05, 0.1) is 5.54 Å². The van der Waals surface area contributed by atoms with Crippen LogP contribution in [0.2, 0.25) is 0 Å². The van der Waals surface area contributed by atoms with E-state index in [-0.39, 0.29) is 5.91 Å². The topological polar surface area (TPSA) is 55.6 Å². The maximum atomic E-state index is 12.7. The van der Waals surface area contributed by atoms with Crippen LogP contribution in [0.15, 0.2) is 0 Å². The summed E-state index contributed by atoms with van der Waals surface area (Å²) in [6, 6.07) is 0. The molecule has 4 nitrogen and oxygen atoms in total. The number of hydrogen-bond donors (Lipinski definition) is 1. The third-order valence-electron chi connectivity index (χ3n) is 5.39. The van der Waals surface area contributed by atoms with Crippen LogP contribution in [-0.2, 0) is 9.53 Å². The van der Waals surface area contributed by atoms with Crippen molar-refractivity contribution in [3.8, 4) is 0 Å². The first-order valence-corrected chi connectivity index (χ1v) is 7.85. The lowest BCUT2D eigenvalue weighted by atomic mass is 9.74. The number of carbonyl (C=O) groups is 1. The summed E-state index contributed by atoms with van der Waals surface area (Å²) in [6.45, 7) is 3.12. The van der Waals surface area contributed by atoms with E-state index in [0.29, 0.717) is 26.1 Å². The summed E-state index contributed by atoms with van der Waals surface area (Å²) < 4.78 is 5.34. The van der Waals surface area contributed by atoms with Gasteiger partial charge in [0.1, 0.15) is 0 Å². The molecule has 4 heteroatoms. The molecule has 0 aromatic rings. The number of hydrogen-bond acceptors (Lipinski definition) is 3. The lowest BCUT2D eigenvalue weighted by Gasteiger charge is -2.44. The molecule has 19 heavy (non-hydrogen) atoms. The second-order valence-electron chi connectivity index (χ2n) is 6.61. The van der Waals surface area contributed by atoms with Crippen molar-refractivity contribution in [3.05, 3.63) is 0 Å². The van der Waals surface area contributed by atoms with Crippen LogP contribution >= 0.6 is 0 Å². The van der Waals surface area contributed by atoms with E-state index < -0.39 is 5.54 Å². The molecule has 1 amide bonds. The molecule has 3 fully saturated rings. The monoisotopic (exact) mass is 266 g/mol. The van der Waals surface area contributed by atoms with Crippen molar-refractivity contribution < 1.29 is 9.53 Å². The Morgan fingerprint density at radius 3 is 2.53 bits per heavy atom. The number of ether oxygens (including phenoxy) is 1. The van der Waals surface area contributed by atoms with Gasteiger partial charge in [0.15, 0.2) is 0 Å². The predicted molar refractivity (Wildman–Crippen MR) is 73.6 cm³/mol. The number of rotatable bonds is 1. The van der Waals surface area contributed by atoms with Gasteiger partial charge in [0, 0.05) is 26.3 Å². The van der Waals surface area contributed by atoms with Gasteiger partial charge in [0.25, 0.3) is 0 Å². The molecule has 2 N–H and O–H groups in total. The number of likely N-dealkylation sites (tertiary alicyclic amines) is 1. The molecule has 2 atom stereocenters. The minimum absolute atomic E-state index is 0.180. The van der Waals surface area contributed by atoms with Crippen LogP contribution < -0.4 is 5.73 Å². The van der Waals surface area contributed by atoms with Gasteiger partial charge < -0.3 is 15.4 Å². The first-order valence-electron chi connectivity index (χ1n) is 7.85. The van der Waals surface area contributed by atoms with Crippen molar-refractivity contribution in [1.29, 1.82) is 0 Å². The second-order valence-corrected chi connectivity index (χ2v) is 6.61. The third-order valence-corrected chi connectivity index (χ3v) is 5.39. The summed E-state index contributed by atoms with van der Waals surface area (Å²) in [4.78, 5) is 14.7. The summed E-state index contributed by atoms with van der Waals surface area (Å²) in [5, 5.41) is 0. The second kappa shape index (κ2) is 5.41. The molecule has 2 heterocycles. The van der Waals surface area contributed by atoms with Gasteiger partial charge in [-0.25, -0.2) is 0 Å². The Hall–Kier alpha value is -0.610. The Labute approximate surface area is 115 Å². The van der Waals surface area contributed by atoms with Crippen molar-refractivity contribution in [2.45, 2.75) is 50.5 Å². The number of fused-ring (bicyclic) bond motifs is 1. The molecule has 0 aromatic carbocycles. The summed E-state index contributed by atoms with van der Waals surface area (Å²) in [6.07, 6.45) is 7.93. The number of amides is 1. The van der Waals surface area contributed by atoms with E-state index in [1.54, 1.807) is 0 Å². The quantitative estimate of drug-likeness (QED) is 0.783.